The Balaban J connectivity index is 1.21. The van der Waals surface area contributed by atoms with Gasteiger partial charge >= 0.3 is 12.4 Å². The summed E-state index contributed by atoms with van der Waals surface area (Å²) in [5.74, 6) is -0.870. The summed E-state index contributed by atoms with van der Waals surface area (Å²) in [4.78, 5) is 13.1. The fraction of sp³-hybridized carbons (Fsp3) is 0.484. The predicted octanol–water partition coefficient (Wildman–Crippen LogP) is 6.43. The van der Waals surface area contributed by atoms with Gasteiger partial charge in [-0.15, -0.1) is 0 Å². The van der Waals surface area contributed by atoms with Gasteiger partial charge in [-0.05, 0) is 62.4 Å². The minimum absolute atomic E-state index is 0.0699. The zero-order valence-electron chi connectivity index (χ0n) is 25.7. The van der Waals surface area contributed by atoms with Crippen LogP contribution in [-0.4, -0.2) is 70.5 Å². The van der Waals surface area contributed by atoms with Crippen LogP contribution in [0.15, 0.2) is 53.8 Å². The molecule has 3 aliphatic rings. The Labute approximate surface area is 265 Å². The summed E-state index contributed by atoms with van der Waals surface area (Å²) in [6.45, 7) is 3.11. The predicted molar refractivity (Wildman–Crippen MR) is 153 cm³/mol. The van der Waals surface area contributed by atoms with Gasteiger partial charge in [-0.3, -0.25) is 9.47 Å². The second kappa shape index (κ2) is 12.1. The first-order valence-electron chi connectivity index (χ1n) is 14.6. The van der Waals surface area contributed by atoms with Crippen molar-refractivity contribution in [2.45, 2.75) is 75.8 Å². The van der Waals surface area contributed by atoms with E-state index < -0.39 is 60.4 Å². The van der Waals surface area contributed by atoms with Crippen LogP contribution in [0.4, 0.5) is 36.6 Å². The number of aliphatic imine (C=N–C) groups is 1. The molecule has 2 aromatic carbocycles. The molecule has 4 heterocycles. The van der Waals surface area contributed by atoms with Gasteiger partial charge in [0, 0.05) is 13.6 Å². The molecule has 2 saturated heterocycles. The zero-order valence-corrected chi connectivity index (χ0v) is 25.7. The van der Waals surface area contributed by atoms with E-state index in [9.17, 15) is 30.7 Å². The molecule has 1 unspecified atom stereocenters. The maximum absolute atomic E-state index is 13.8. The highest BCUT2D eigenvalue weighted by atomic mass is 19.4. The third-order valence-electron chi connectivity index (χ3n) is 8.12. The third-order valence-corrected chi connectivity index (χ3v) is 8.12. The van der Waals surface area contributed by atoms with E-state index in [2.05, 4.69) is 9.98 Å². The molecule has 0 amide bonds. The molecule has 0 N–H and O–H groups in total. The molecular formula is C31H32F7N5O4. The van der Waals surface area contributed by atoms with Gasteiger partial charge in [-0.2, -0.15) is 26.3 Å². The van der Waals surface area contributed by atoms with E-state index in [4.69, 9.17) is 18.9 Å². The van der Waals surface area contributed by atoms with Crippen LogP contribution in [-0.2, 0) is 44.5 Å². The highest BCUT2D eigenvalue weighted by Gasteiger charge is 2.56. The molecule has 16 heteroatoms. The van der Waals surface area contributed by atoms with Crippen LogP contribution in [0, 0.1) is 5.82 Å². The average Bonchev–Trinajstić information content (AvgIpc) is 3.62. The summed E-state index contributed by atoms with van der Waals surface area (Å²) < 4.78 is 120. The summed E-state index contributed by atoms with van der Waals surface area (Å²) in [6, 6.07) is 7.63. The number of nitrogens with zero attached hydrogens (tertiary/aromatic N) is 5. The molecule has 2 fully saturated rings. The van der Waals surface area contributed by atoms with E-state index in [1.165, 1.54) is 12.1 Å². The number of fused-ring (bicyclic) bond motifs is 2. The summed E-state index contributed by atoms with van der Waals surface area (Å²) in [5, 5.41) is 0. The maximum atomic E-state index is 13.8. The van der Waals surface area contributed by atoms with Gasteiger partial charge in [0.25, 0.3) is 0 Å². The first-order valence-corrected chi connectivity index (χ1v) is 14.6. The number of rotatable bonds is 8. The lowest BCUT2D eigenvalue weighted by atomic mass is 10.1. The van der Waals surface area contributed by atoms with E-state index in [1.807, 2.05) is 30.0 Å². The Morgan fingerprint density at radius 2 is 1.64 bits per heavy atom. The molecule has 6 rings (SSSR count). The Kier molecular flexibility index (Phi) is 8.62. The number of alkyl halides is 6. The van der Waals surface area contributed by atoms with Crippen molar-refractivity contribution in [3.63, 3.8) is 0 Å². The van der Waals surface area contributed by atoms with Crippen LogP contribution in [0.5, 0.6) is 0 Å². The number of imidazole rings is 1. The second-order valence-corrected chi connectivity index (χ2v) is 12.2. The molecule has 9 nitrogen and oxygen atoms in total. The largest absolute Gasteiger partial charge is 0.416 e. The Morgan fingerprint density at radius 1 is 0.957 bits per heavy atom. The standard InChI is InChI=1S/C31H32F7N5O4/c1-29(2)46-24-22(14-44-13-18-8-19(30(33,34)35)11-20(9-18)31(36,37)38)45-28(25(24)47-29)43-16-39-23-26(43)40-15-42(4)27(23)41(3)12-17-6-5-7-21(32)10-17/h5-11,15-16,22,24-25,27-28H,12-14H2,1-4H3/t22-,24-,25-,27?,28-/m1/s1. The number of halogens is 7. The van der Waals surface area contributed by atoms with Gasteiger partial charge < -0.3 is 23.8 Å². The molecule has 5 atom stereocenters. The van der Waals surface area contributed by atoms with E-state index in [0.717, 1.165) is 5.56 Å². The minimum atomic E-state index is -4.97. The SMILES string of the molecule is CN1C=Nc2c(ncn2[C@@H]2O[C@H](COCc3cc(C(F)(F)F)cc(C(F)(F)F)c3)[C@H]3OC(C)(C)O[C@H]32)C1N(C)Cc1cccc(F)c1. The van der Waals surface area contributed by atoms with E-state index >= 15 is 0 Å². The molecule has 0 bridgehead atoms. The van der Waals surface area contributed by atoms with Gasteiger partial charge in [-0.25, -0.2) is 14.4 Å². The van der Waals surface area contributed by atoms with Gasteiger partial charge in [0.2, 0.25) is 0 Å². The molecule has 0 saturated carbocycles. The van der Waals surface area contributed by atoms with Gasteiger partial charge in [0.1, 0.15) is 36.0 Å². The van der Waals surface area contributed by atoms with Crippen LogP contribution in [0.3, 0.4) is 0 Å². The lowest BCUT2D eigenvalue weighted by Gasteiger charge is -2.36. The van der Waals surface area contributed by atoms with Crippen molar-refractivity contribution in [1.29, 1.82) is 0 Å². The minimum Gasteiger partial charge on any atom is -0.374 e. The van der Waals surface area contributed by atoms with Crippen molar-refractivity contribution < 1.29 is 49.7 Å². The van der Waals surface area contributed by atoms with Crippen molar-refractivity contribution in [3.05, 3.63) is 82.6 Å². The van der Waals surface area contributed by atoms with Crippen molar-refractivity contribution in [2.75, 3.05) is 20.7 Å². The highest BCUT2D eigenvalue weighted by molar-refractivity contribution is 5.65. The van der Waals surface area contributed by atoms with Crippen LogP contribution < -0.4 is 0 Å². The third kappa shape index (κ3) is 6.88. The average molecular weight is 672 g/mol. The molecule has 0 spiro atoms. The maximum Gasteiger partial charge on any atom is 0.416 e. The smallest absolute Gasteiger partial charge is 0.374 e. The van der Waals surface area contributed by atoms with Crippen LogP contribution in [0.25, 0.3) is 0 Å². The number of benzene rings is 2. The Morgan fingerprint density at radius 3 is 2.30 bits per heavy atom. The van der Waals surface area contributed by atoms with Crippen LogP contribution in [0.1, 0.15) is 54.2 Å². The molecule has 1 aromatic heterocycles. The second-order valence-electron chi connectivity index (χ2n) is 12.2. The number of ether oxygens (including phenoxy) is 4. The quantitative estimate of drug-likeness (QED) is 0.256. The van der Waals surface area contributed by atoms with E-state index in [-0.39, 0.29) is 30.2 Å². The first kappa shape index (κ1) is 33.3. The monoisotopic (exact) mass is 671 g/mol. The molecule has 254 valence electrons. The molecule has 0 aliphatic carbocycles. The van der Waals surface area contributed by atoms with Crippen molar-refractivity contribution in [1.82, 2.24) is 19.4 Å². The fourth-order valence-electron chi connectivity index (χ4n) is 6.21. The summed E-state index contributed by atoms with van der Waals surface area (Å²) in [7, 11) is 3.72. The highest BCUT2D eigenvalue weighted by Crippen LogP contribution is 2.46. The number of aromatic nitrogens is 2. The lowest BCUT2D eigenvalue weighted by molar-refractivity contribution is -0.202. The summed E-state index contributed by atoms with van der Waals surface area (Å²) in [6.07, 6.45) is -10.0. The summed E-state index contributed by atoms with van der Waals surface area (Å²) in [5.41, 5.74) is -1.76. The van der Waals surface area contributed by atoms with Gasteiger partial charge in [0.15, 0.2) is 17.8 Å². The van der Waals surface area contributed by atoms with Gasteiger partial charge in [0.05, 0.1) is 37.0 Å². The molecule has 3 aromatic rings. The van der Waals surface area contributed by atoms with Crippen LogP contribution in [0.2, 0.25) is 0 Å². The number of hydrogen-bond donors (Lipinski definition) is 0. The van der Waals surface area contributed by atoms with Crippen LogP contribution >= 0.6 is 0 Å². The molecule has 3 aliphatic heterocycles. The van der Waals surface area contributed by atoms with Crippen molar-refractivity contribution in [2.24, 2.45) is 4.99 Å². The zero-order chi connectivity index (χ0) is 33.9. The van der Waals surface area contributed by atoms with Gasteiger partial charge in [-0.1, -0.05) is 12.1 Å². The summed E-state index contributed by atoms with van der Waals surface area (Å²) >= 11 is 0. The molecule has 0 radical (unpaired) electrons. The van der Waals surface area contributed by atoms with E-state index in [1.54, 1.807) is 37.1 Å². The molecule has 47 heavy (non-hydrogen) atoms. The van der Waals surface area contributed by atoms with Crippen molar-refractivity contribution in [3.8, 4) is 0 Å². The van der Waals surface area contributed by atoms with Crippen molar-refractivity contribution >= 4 is 12.2 Å². The lowest BCUT2D eigenvalue weighted by Crippen LogP contribution is -2.38. The fourth-order valence-corrected chi connectivity index (χ4v) is 6.21. The van der Waals surface area contributed by atoms with E-state index in [0.29, 0.717) is 30.2 Å². The Bertz CT molecular complexity index is 1610. The normalized spacial score (nSPS) is 25.4. The topological polar surface area (TPSA) is 73.6 Å². The first-order chi connectivity index (χ1) is 22.0. The number of hydrogen-bond acceptors (Lipinski definition) is 8. The molecular weight excluding hydrogens is 639 g/mol. The Hall–Kier alpha value is -3.57.